The van der Waals surface area contributed by atoms with Gasteiger partial charge in [-0.25, -0.2) is 0 Å². The number of para-hydroxylation sites is 1. The maximum atomic E-state index is 13.4. The number of carbonyl (C=O) groups excluding carboxylic acids is 3. The normalized spacial score (nSPS) is 13.9. The summed E-state index contributed by atoms with van der Waals surface area (Å²) in [6.07, 6.45) is 0.239. The highest BCUT2D eigenvalue weighted by Crippen LogP contribution is 2.27. The number of rotatable bonds is 5. The van der Waals surface area contributed by atoms with E-state index in [0.717, 1.165) is 21.6 Å². The maximum Gasteiger partial charge on any atom is 0.262 e. The van der Waals surface area contributed by atoms with Gasteiger partial charge in [0.05, 0.1) is 11.1 Å². The standard InChI is InChI=1S/C25H22N2O3/c1-16-9-8-10-17(2)22(16)26-23(28)21(15-18-11-4-3-5-12-18)27-24(29)19-13-6-7-14-20(19)25(27)30/h3-14,21H,15H2,1-2H3,(H,26,28). The predicted octanol–water partition coefficient (Wildman–Crippen LogP) is 4.15. The molecular weight excluding hydrogens is 376 g/mol. The first-order valence-corrected chi connectivity index (χ1v) is 9.85. The number of nitrogens with zero attached hydrogens (tertiary/aromatic N) is 1. The minimum atomic E-state index is -0.959. The average molecular weight is 398 g/mol. The Morgan fingerprint density at radius 1 is 0.800 bits per heavy atom. The van der Waals surface area contributed by atoms with Crippen LogP contribution in [-0.2, 0) is 11.2 Å². The Bertz CT molecular complexity index is 1080. The van der Waals surface area contributed by atoms with Crippen molar-refractivity contribution < 1.29 is 14.4 Å². The molecule has 1 aliphatic heterocycles. The highest BCUT2D eigenvalue weighted by molar-refractivity contribution is 6.23. The van der Waals surface area contributed by atoms with Gasteiger partial charge in [-0.2, -0.15) is 0 Å². The molecule has 1 aliphatic rings. The number of hydrogen-bond acceptors (Lipinski definition) is 3. The van der Waals surface area contributed by atoms with E-state index in [4.69, 9.17) is 0 Å². The van der Waals surface area contributed by atoms with Crippen molar-refractivity contribution in [2.45, 2.75) is 26.3 Å². The van der Waals surface area contributed by atoms with Crippen LogP contribution in [0.5, 0.6) is 0 Å². The van der Waals surface area contributed by atoms with E-state index in [9.17, 15) is 14.4 Å². The fourth-order valence-corrected chi connectivity index (χ4v) is 3.85. The Balaban J connectivity index is 1.71. The molecule has 0 spiro atoms. The number of imide groups is 1. The van der Waals surface area contributed by atoms with E-state index in [-0.39, 0.29) is 12.3 Å². The zero-order valence-electron chi connectivity index (χ0n) is 16.9. The lowest BCUT2D eigenvalue weighted by Crippen LogP contribution is -2.48. The van der Waals surface area contributed by atoms with Crippen LogP contribution in [0.25, 0.3) is 0 Å². The van der Waals surface area contributed by atoms with Crippen molar-refractivity contribution in [2.75, 3.05) is 5.32 Å². The molecule has 3 aromatic carbocycles. The van der Waals surface area contributed by atoms with Crippen LogP contribution in [0.3, 0.4) is 0 Å². The van der Waals surface area contributed by atoms with Crippen molar-refractivity contribution >= 4 is 23.4 Å². The Hall–Kier alpha value is -3.73. The van der Waals surface area contributed by atoms with Crippen molar-refractivity contribution in [3.8, 4) is 0 Å². The molecule has 1 unspecified atom stereocenters. The summed E-state index contributed by atoms with van der Waals surface area (Å²) in [5, 5.41) is 2.96. The van der Waals surface area contributed by atoms with Crippen LogP contribution < -0.4 is 5.32 Å². The predicted molar refractivity (Wildman–Crippen MR) is 115 cm³/mol. The van der Waals surface area contributed by atoms with Crippen LogP contribution >= 0.6 is 0 Å². The molecule has 5 heteroatoms. The quantitative estimate of drug-likeness (QED) is 0.657. The van der Waals surface area contributed by atoms with Gasteiger partial charge in [0.15, 0.2) is 0 Å². The van der Waals surface area contributed by atoms with E-state index in [1.807, 2.05) is 62.4 Å². The first kappa shape index (κ1) is 19.6. The van der Waals surface area contributed by atoms with Gasteiger partial charge in [0.2, 0.25) is 5.91 Å². The first-order valence-electron chi connectivity index (χ1n) is 9.85. The van der Waals surface area contributed by atoms with E-state index in [2.05, 4.69) is 5.32 Å². The first-order chi connectivity index (χ1) is 14.5. The third-order valence-corrected chi connectivity index (χ3v) is 5.44. The summed E-state index contributed by atoms with van der Waals surface area (Å²) in [7, 11) is 0. The van der Waals surface area contributed by atoms with Gasteiger partial charge in [-0.3, -0.25) is 19.3 Å². The Labute approximate surface area is 175 Å². The van der Waals surface area contributed by atoms with E-state index in [1.54, 1.807) is 24.3 Å². The molecule has 0 radical (unpaired) electrons. The Morgan fingerprint density at radius 3 is 1.90 bits per heavy atom. The number of aryl methyl sites for hydroxylation is 2. The molecule has 3 aromatic rings. The number of nitrogens with one attached hydrogen (secondary N) is 1. The molecule has 4 rings (SSSR count). The van der Waals surface area contributed by atoms with Crippen molar-refractivity contribution in [3.05, 3.63) is 101 Å². The summed E-state index contributed by atoms with van der Waals surface area (Å²) >= 11 is 0. The molecule has 0 saturated carbocycles. The van der Waals surface area contributed by atoms with Gasteiger partial charge in [0.25, 0.3) is 11.8 Å². The number of carbonyl (C=O) groups is 3. The van der Waals surface area contributed by atoms with Crippen LogP contribution in [0.1, 0.15) is 37.4 Å². The molecule has 0 fully saturated rings. The summed E-state index contributed by atoms with van der Waals surface area (Å²) in [4.78, 5) is 40.6. The van der Waals surface area contributed by atoms with Gasteiger partial charge in [-0.1, -0.05) is 60.7 Å². The summed E-state index contributed by atoms with van der Waals surface area (Å²) in [6.45, 7) is 3.83. The Kier molecular flexibility index (Phi) is 5.19. The SMILES string of the molecule is Cc1cccc(C)c1NC(=O)C(Cc1ccccc1)N1C(=O)c2ccccc2C1=O. The lowest BCUT2D eigenvalue weighted by atomic mass is 10.0. The maximum absolute atomic E-state index is 13.4. The van der Waals surface area contributed by atoms with Gasteiger partial charge < -0.3 is 5.32 Å². The largest absolute Gasteiger partial charge is 0.324 e. The van der Waals surface area contributed by atoms with Crippen LogP contribution in [-0.4, -0.2) is 28.7 Å². The lowest BCUT2D eigenvalue weighted by Gasteiger charge is -2.26. The zero-order valence-corrected chi connectivity index (χ0v) is 16.9. The van der Waals surface area contributed by atoms with Gasteiger partial charge in [-0.05, 0) is 42.7 Å². The monoisotopic (exact) mass is 398 g/mol. The Morgan fingerprint density at radius 2 is 1.33 bits per heavy atom. The third-order valence-electron chi connectivity index (χ3n) is 5.44. The summed E-state index contributed by atoms with van der Waals surface area (Å²) in [5.74, 6) is -1.26. The molecule has 1 atom stereocenters. The van der Waals surface area contributed by atoms with Gasteiger partial charge >= 0.3 is 0 Å². The van der Waals surface area contributed by atoms with Crippen LogP contribution in [0.2, 0.25) is 0 Å². The molecule has 0 aliphatic carbocycles. The summed E-state index contributed by atoms with van der Waals surface area (Å²) in [5.41, 5.74) is 4.09. The minimum absolute atomic E-state index is 0.239. The molecule has 30 heavy (non-hydrogen) atoms. The van der Waals surface area contributed by atoms with Crippen molar-refractivity contribution in [1.82, 2.24) is 4.90 Å². The topological polar surface area (TPSA) is 66.5 Å². The molecule has 150 valence electrons. The number of hydrogen-bond donors (Lipinski definition) is 1. The number of benzene rings is 3. The van der Waals surface area contributed by atoms with Crippen molar-refractivity contribution in [3.63, 3.8) is 0 Å². The molecule has 0 saturated heterocycles. The van der Waals surface area contributed by atoms with Gasteiger partial charge in [-0.15, -0.1) is 0 Å². The second-order valence-corrected chi connectivity index (χ2v) is 7.49. The second kappa shape index (κ2) is 7.95. The molecule has 5 nitrogen and oxygen atoms in total. The molecule has 1 heterocycles. The van der Waals surface area contributed by atoms with E-state index in [1.165, 1.54) is 0 Å². The highest BCUT2D eigenvalue weighted by Gasteiger charge is 2.42. The van der Waals surface area contributed by atoms with Crippen LogP contribution in [0.15, 0.2) is 72.8 Å². The number of anilines is 1. The molecule has 0 bridgehead atoms. The third kappa shape index (κ3) is 3.50. The van der Waals surface area contributed by atoms with E-state index >= 15 is 0 Å². The molecule has 1 N–H and O–H groups in total. The number of fused-ring (bicyclic) bond motifs is 1. The fraction of sp³-hybridized carbons (Fsp3) is 0.160. The number of amides is 3. The average Bonchev–Trinajstić information content (AvgIpc) is 3.00. The smallest absolute Gasteiger partial charge is 0.262 e. The fourth-order valence-electron chi connectivity index (χ4n) is 3.85. The van der Waals surface area contributed by atoms with Crippen LogP contribution in [0, 0.1) is 13.8 Å². The molecule has 3 amide bonds. The second-order valence-electron chi connectivity index (χ2n) is 7.49. The highest BCUT2D eigenvalue weighted by atomic mass is 16.2. The van der Waals surface area contributed by atoms with E-state index in [0.29, 0.717) is 16.8 Å². The minimum Gasteiger partial charge on any atom is -0.324 e. The van der Waals surface area contributed by atoms with Gasteiger partial charge in [0, 0.05) is 12.1 Å². The molecular formula is C25H22N2O3. The summed E-state index contributed by atoms with van der Waals surface area (Å²) < 4.78 is 0. The zero-order chi connectivity index (χ0) is 21.3. The van der Waals surface area contributed by atoms with Crippen LogP contribution in [0.4, 0.5) is 5.69 Å². The lowest BCUT2D eigenvalue weighted by molar-refractivity contribution is -0.119. The van der Waals surface area contributed by atoms with Crippen molar-refractivity contribution in [2.24, 2.45) is 0 Å². The van der Waals surface area contributed by atoms with Crippen molar-refractivity contribution in [1.29, 1.82) is 0 Å². The molecule has 0 aromatic heterocycles. The summed E-state index contributed by atoms with van der Waals surface area (Å²) in [6, 6.07) is 20.9. The van der Waals surface area contributed by atoms with E-state index < -0.39 is 17.9 Å². The van der Waals surface area contributed by atoms with Gasteiger partial charge in [0.1, 0.15) is 6.04 Å².